The van der Waals surface area contributed by atoms with Crippen molar-refractivity contribution in [2.75, 3.05) is 13.2 Å². The Hall–Kier alpha value is -0.430. The number of hydrogen-bond donors (Lipinski definition) is 3. The largest absolute Gasteiger partial charge is 0.389 e. The molecular formula is C8H12BrN3O2. The number of aliphatic hydroxyl groups excluding tert-OH is 1. The highest BCUT2D eigenvalue weighted by atomic mass is 79.9. The Morgan fingerprint density at radius 3 is 3.14 bits per heavy atom. The molecule has 0 amide bonds. The van der Waals surface area contributed by atoms with Crippen LogP contribution in [0.4, 0.5) is 0 Å². The quantitative estimate of drug-likeness (QED) is 0.718. The summed E-state index contributed by atoms with van der Waals surface area (Å²) < 4.78 is 5.97. The first-order chi connectivity index (χ1) is 6.75. The molecular weight excluding hydrogens is 250 g/mol. The average molecular weight is 262 g/mol. The molecule has 0 saturated carbocycles. The van der Waals surface area contributed by atoms with Gasteiger partial charge in [-0.15, -0.1) is 0 Å². The van der Waals surface area contributed by atoms with E-state index in [9.17, 15) is 5.11 Å². The Bertz CT molecular complexity index is 305. The van der Waals surface area contributed by atoms with E-state index in [0.717, 1.165) is 10.4 Å². The van der Waals surface area contributed by atoms with Crippen LogP contribution in [0.2, 0.25) is 0 Å². The fraction of sp³-hybridized carbons (Fsp3) is 0.625. The number of imidazole rings is 1. The van der Waals surface area contributed by atoms with Gasteiger partial charge in [0.2, 0.25) is 0 Å². The summed E-state index contributed by atoms with van der Waals surface area (Å²) in [7, 11) is 0. The molecule has 0 unspecified atom stereocenters. The SMILES string of the molecule is O[C@@H]1COC[C@H]1NCc1ncc(Br)[nH]1. The average Bonchev–Trinajstić information content (AvgIpc) is 2.72. The minimum absolute atomic E-state index is 0.0128. The van der Waals surface area contributed by atoms with Crippen molar-refractivity contribution >= 4 is 15.9 Å². The van der Waals surface area contributed by atoms with Crippen LogP contribution >= 0.6 is 15.9 Å². The molecule has 0 bridgehead atoms. The Morgan fingerprint density at radius 1 is 1.71 bits per heavy atom. The molecule has 0 aliphatic carbocycles. The van der Waals surface area contributed by atoms with Crippen LogP contribution in [-0.2, 0) is 11.3 Å². The third-order valence-corrected chi connectivity index (χ3v) is 2.58. The lowest BCUT2D eigenvalue weighted by Crippen LogP contribution is -2.38. The maximum absolute atomic E-state index is 9.44. The minimum atomic E-state index is -0.409. The third-order valence-electron chi connectivity index (χ3n) is 2.18. The predicted octanol–water partition coefficient (Wildman–Crippen LogP) is 0.0215. The van der Waals surface area contributed by atoms with Gasteiger partial charge < -0.3 is 20.1 Å². The number of halogens is 1. The highest BCUT2D eigenvalue weighted by Gasteiger charge is 2.25. The molecule has 1 fully saturated rings. The Morgan fingerprint density at radius 2 is 2.57 bits per heavy atom. The summed E-state index contributed by atoms with van der Waals surface area (Å²) >= 11 is 3.28. The topological polar surface area (TPSA) is 70.2 Å². The van der Waals surface area contributed by atoms with Gasteiger partial charge in [0.05, 0.1) is 38.1 Å². The molecule has 14 heavy (non-hydrogen) atoms. The minimum Gasteiger partial charge on any atom is -0.389 e. The fourth-order valence-corrected chi connectivity index (χ4v) is 1.72. The van der Waals surface area contributed by atoms with Gasteiger partial charge in [-0.05, 0) is 15.9 Å². The molecule has 2 atom stereocenters. The summed E-state index contributed by atoms with van der Waals surface area (Å²) in [6.07, 6.45) is 1.30. The molecule has 1 aromatic heterocycles. The first-order valence-electron chi connectivity index (χ1n) is 4.44. The van der Waals surface area contributed by atoms with Gasteiger partial charge in [-0.25, -0.2) is 4.98 Å². The van der Waals surface area contributed by atoms with Crippen LogP contribution in [0, 0.1) is 0 Å². The predicted molar refractivity (Wildman–Crippen MR) is 53.7 cm³/mol. The van der Waals surface area contributed by atoms with Crippen molar-refractivity contribution in [3.05, 3.63) is 16.6 Å². The van der Waals surface area contributed by atoms with Gasteiger partial charge >= 0.3 is 0 Å². The van der Waals surface area contributed by atoms with E-state index in [0.29, 0.717) is 19.8 Å². The van der Waals surface area contributed by atoms with Gasteiger partial charge in [0.1, 0.15) is 10.4 Å². The molecule has 2 rings (SSSR count). The molecule has 6 heteroatoms. The summed E-state index contributed by atoms with van der Waals surface area (Å²) in [5.41, 5.74) is 0. The van der Waals surface area contributed by atoms with Crippen molar-refractivity contribution in [2.24, 2.45) is 0 Å². The van der Waals surface area contributed by atoms with E-state index in [1.54, 1.807) is 6.20 Å². The van der Waals surface area contributed by atoms with Crippen molar-refractivity contribution in [3.8, 4) is 0 Å². The van der Waals surface area contributed by atoms with Gasteiger partial charge in [0.25, 0.3) is 0 Å². The maximum Gasteiger partial charge on any atom is 0.120 e. The first kappa shape index (κ1) is 10.1. The third kappa shape index (κ3) is 2.33. The van der Waals surface area contributed by atoms with Crippen LogP contribution in [0.15, 0.2) is 10.8 Å². The van der Waals surface area contributed by atoms with Crippen LogP contribution in [0.1, 0.15) is 5.82 Å². The molecule has 2 heterocycles. The molecule has 78 valence electrons. The van der Waals surface area contributed by atoms with E-state index in [1.165, 1.54) is 0 Å². The number of H-pyrrole nitrogens is 1. The van der Waals surface area contributed by atoms with Crippen LogP contribution in [0.3, 0.4) is 0 Å². The van der Waals surface area contributed by atoms with E-state index >= 15 is 0 Å². The summed E-state index contributed by atoms with van der Waals surface area (Å²) in [6.45, 7) is 1.58. The van der Waals surface area contributed by atoms with Gasteiger partial charge in [-0.3, -0.25) is 0 Å². The van der Waals surface area contributed by atoms with E-state index < -0.39 is 6.10 Å². The second-order valence-corrected chi connectivity index (χ2v) is 4.12. The van der Waals surface area contributed by atoms with Crippen LogP contribution in [0.25, 0.3) is 0 Å². The number of hydrogen-bond acceptors (Lipinski definition) is 4. The van der Waals surface area contributed by atoms with Crippen molar-refractivity contribution in [2.45, 2.75) is 18.7 Å². The van der Waals surface area contributed by atoms with E-state index in [-0.39, 0.29) is 6.04 Å². The van der Waals surface area contributed by atoms with E-state index in [4.69, 9.17) is 4.74 Å². The van der Waals surface area contributed by atoms with Gasteiger partial charge in [-0.1, -0.05) is 0 Å². The molecule has 0 radical (unpaired) electrons. The van der Waals surface area contributed by atoms with Gasteiger partial charge in [0, 0.05) is 0 Å². The number of aromatic nitrogens is 2. The maximum atomic E-state index is 9.44. The number of rotatable bonds is 3. The summed E-state index contributed by atoms with van der Waals surface area (Å²) in [4.78, 5) is 7.15. The monoisotopic (exact) mass is 261 g/mol. The number of nitrogens with one attached hydrogen (secondary N) is 2. The number of aliphatic hydroxyl groups is 1. The number of nitrogens with zero attached hydrogens (tertiary/aromatic N) is 1. The van der Waals surface area contributed by atoms with Crippen molar-refractivity contribution in [3.63, 3.8) is 0 Å². The number of ether oxygens (including phenoxy) is 1. The number of aromatic amines is 1. The smallest absolute Gasteiger partial charge is 0.120 e. The molecule has 0 aromatic carbocycles. The lowest BCUT2D eigenvalue weighted by molar-refractivity contribution is 0.122. The van der Waals surface area contributed by atoms with Crippen molar-refractivity contribution in [1.29, 1.82) is 0 Å². The second-order valence-electron chi connectivity index (χ2n) is 3.27. The molecule has 1 aliphatic rings. The van der Waals surface area contributed by atoms with Crippen LogP contribution in [0.5, 0.6) is 0 Å². The van der Waals surface area contributed by atoms with Gasteiger partial charge in [0.15, 0.2) is 0 Å². The molecule has 0 spiro atoms. The lowest BCUT2D eigenvalue weighted by Gasteiger charge is -2.12. The molecule has 1 saturated heterocycles. The fourth-order valence-electron chi connectivity index (χ4n) is 1.39. The normalized spacial score (nSPS) is 27.0. The zero-order valence-corrected chi connectivity index (χ0v) is 9.12. The zero-order chi connectivity index (χ0) is 9.97. The van der Waals surface area contributed by atoms with E-state index in [2.05, 4.69) is 31.2 Å². The van der Waals surface area contributed by atoms with Crippen LogP contribution < -0.4 is 5.32 Å². The van der Waals surface area contributed by atoms with E-state index in [1.807, 2.05) is 0 Å². The van der Waals surface area contributed by atoms with Gasteiger partial charge in [-0.2, -0.15) is 0 Å². The zero-order valence-electron chi connectivity index (χ0n) is 7.53. The Labute approximate surface area is 90.0 Å². The first-order valence-corrected chi connectivity index (χ1v) is 5.23. The molecule has 5 nitrogen and oxygen atoms in total. The lowest BCUT2D eigenvalue weighted by atomic mass is 10.2. The standard InChI is InChI=1S/C8H12BrN3O2/c9-7-1-11-8(12-7)2-10-5-3-14-4-6(5)13/h1,5-6,10,13H,2-4H2,(H,11,12)/t5-,6-/m1/s1. The molecule has 3 N–H and O–H groups in total. The molecule has 1 aromatic rings. The Balaban J connectivity index is 1.82. The van der Waals surface area contributed by atoms with Crippen molar-refractivity contribution < 1.29 is 9.84 Å². The Kier molecular flexibility index (Phi) is 3.17. The highest BCUT2D eigenvalue weighted by Crippen LogP contribution is 2.07. The summed E-state index contributed by atoms with van der Waals surface area (Å²) in [5.74, 6) is 0.843. The van der Waals surface area contributed by atoms with Crippen molar-refractivity contribution in [1.82, 2.24) is 15.3 Å². The summed E-state index contributed by atoms with van der Waals surface area (Å²) in [6, 6.07) is 0.0128. The highest BCUT2D eigenvalue weighted by molar-refractivity contribution is 9.10. The summed E-state index contributed by atoms with van der Waals surface area (Å²) in [5, 5.41) is 12.6. The van der Waals surface area contributed by atoms with Crippen LogP contribution in [-0.4, -0.2) is 40.4 Å². The molecule has 1 aliphatic heterocycles. The second kappa shape index (κ2) is 4.39.